The van der Waals surface area contributed by atoms with Crippen LogP contribution >= 0.6 is 0 Å². The van der Waals surface area contributed by atoms with Crippen molar-refractivity contribution in [2.24, 2.45) is 0 Å². The summed E-state index contributed by atoms with van der Waals surface area (Å²) in [7, 11) is 0. The molecule has 0 aliphatic heterocycles. The molecule has 0 aliphatic rings. The highest BCUT2D eigenvalue weighted by molar-refractivity contribution is 5.76. The Morgan fingerprint density at radius 1 is 1.25 bits per heavy atom. The molecule has 0 radical (unpaired) electrons. The number of nitrogens with one attached hydrogen (secondary N) is 1. The minimum absolute atomic E-state index is 0.00866. The van der Waals surface area contributed by atoms with Gasteiger partial charge < -0.3 is 15.3 Å². The molecule has 1 amide bonds. The van der Waals surface area contributed by atoms with Crippen LogP contribution in [0.25, 0.3) is 0 Å². The van der Waals surface area contributed by atoms with E-state index in [-0.39, 0.29) is 18.1 Å². The summed E-state index contributed by atoms with van der Waals surface area (Å²) < 4.78 is 0. The van der Waals surface area contributed by atoms with Crippen molar-refractivity contribution in [2.75, 3.05) is 19.7 Å². The quantitative estimate of drug-likeness (QED) is 0.799. The number of aliphatic hydroxyl groups is 1. The number of amides is 1. The molecular formula is C16H26N2O2. The number of carbonyl (C=O) groups excluding carboxylic acids is 1. The molecule has 1 aromatic rings. The van der Waals surface area contributed by atoms with Gasteiger partial charge >= 0.3 is 0 Å². The lowest BCUT2D eigenvalue weighted by Crippen LogP contribution is -2.40. The average molecular weight is 278 g/mol. The van der Waals surface area contributed by atoms with Crippen LogP contribution in [0.5, 0.6) is 0 Å². The fourth-order valence-electron chi connectivity index (χ4n) is 1.92. The third kappa shape index (κ3) is 6.68. The second-order valence-corrected chi connectivity index (χ2v) is 5.95. The number of carbonyl (C=O) groups is 1. The van der Waals surface area contributed by atoms with Crippen LogP contribution in [-0.4, -0.2) is 41.1 Å². The summed E-state index contributed by atoms with van der Waals surface area (Å²) in [5.74, 6) is 0.0691. The first kappa shape index (κ1) is 16.7. The van der Waals surface area contributed by atoms with E-state index in [2.05, 4.69) is 26.1 Å². The smallest absolute Gasteiger partial charge is 0.224 e. The van der Waals surface area contributed by atoms with Crippen molar-refractivity contribution in [1.82, 2.24) is 10.2 Å². The molecule has 0 aliphatic carbocycles. The Labute approximate surface area is 121 Å². The third-order valence-electron chi connectivity index (χ3n) is 2.93. The summed E-state index contributed by atoms with van der Waals surface area (Å²) in [5, 5.41) is 12.4. The second kappa shape index (κ2) is 8.02. The van der Waals surface area contributed by atoms with Crippen LogP contribution in [-0.2, 0) is 11.3 Å². The van der Waals surface area contributed by atoms with E-state index in [9.17, 15) is 4.79 Å². The van der Waals surface area contributed by atoms with Gasteiger partial charge in [-0.05, 0) is 26.3 Å². The molecule has 0 atom stereocenters. The second-order valence-electron chi connectivity index (χ2n) is 5.95. The zero-order valence-corrected chi connectivity index (χ0v) is 12.7. The fourth-order valence-corrected chi connectivity index (χ4v) is 1.92. The fraction of sp³-hybridized carbons (Fsp3) is 0.562. The summed E-state index contributed by atoms with van der Waals surface area (Å²) in [4.78, 5) is 13.9. The van der Waals surface area contributed by atoms with Crippen LogP contribution in [0, 0.1) is 0 Å². The SMILES string of the molecule is CC(C)(C)NCCC(=O)N(CCO)Cc1ccccc1. The Kier molecular flexibility index (Phi) is 6.68. The number of nitrogens with zero attached hydrogens (tertiary/aromatic N) is 1. The molecule has 4 heteroatoms. The predicted octanol–water partition coefficient (Wildman–Crippen LogP) is 1.79. The largest absolute Gasteiger partial charge is 0.395 e. The molecule has 112 valence electrons. The Morgan fingerprint density at radius 3 is 2.45 bits per heavy atom. The summed E-state index contributed by atoms with van der Waals surface area (Å²) in [6.07, 6.45) is 0.449. The summed E-state index contributed by atoms with van der Waals surface area (Å²) >= 11 is 0. The normalized spacial score (nSPS) is 11.4. The van der Waals surface area contributed by atoms with E-state index in [1.807, 2.05) is 30.3 Å². The highest BCUT2D eigenvalue weighted by atomic mass is 16.3. The third-order valence-corrected chi connectivity index (χ3v) is 2.93. The monoisotopic (exact) mass is 278 g/mol. The van der Waals surface area contributed by atoms with Gasteiger partial charge in [0.1, 0.15) is 0 Å². The minimum atomic E-state index is -0.00866. The van der Waals surface area contributed by atoms with Gasteiger partial charge in [0, 0.05) is 31.6 Å². The molecule has 0 bridgehead atoms. The average Bonchev–Trinajstić information content (AvgIpc) is 2.38. The molecule has 0 spiro atoms. The van der Waals surface area contributed by atoms with E-state index >= 15 is 0 Å². The maximum atomic E-state index is 12.2. The first-order valence-electron chi connectivity index (χ1n) is 7.10. The molecule has 0 heterocycles. The van der Waals surface area contributed by atoms with E-state index in [0.717, 1.165) is 5.56 Å². The molecule has 1 rings (SSSR count). The summed E-state index contributed by atoms with van der Waals surface area (Å²) in [5.41, 5.74) is 1.10. The van der Waals surface area contributed by atoms with Gasteiger partial charge in [-0.1, -0.05) is 30.3 Å². The van der Waals surface area contributed by atoms with Crippen molar-refractivity contribution in [3.8, 4) is 0 Å². The first-order chi connectivity index (χ1) is 9.42. The van der Waals surface area contributed by atoms with E-state index in [0.29, 0.717) is 26.1 Å². The molecule has 4 nitrogen and oxygen atoms in total. The van der Waals surface area contributed by atoms with Gasteiger partial charge in [0.25, 0.3) is 0 Å². The van der Waals surface area contributed by atoms with Gasteiger partial charge in [0.2, 0.25) is 5.91 Å². The van der Waals surface area contributed by atoms with Gasteiger partial charge in [-0.3, -0.25) is 4.79 Å². The Morgan fingerprint density at radius 2 is 1.90 bits per heavy atom. The Balaban J connectivity index is 2.50. The van der Waals surface area contributed by atoms with E-state index in [1.165, 1.54) is 0 Å². The lowest BCUT2D eigenvalue weighted by Gasteiger charge is -2.24. The van der Waals surface area contributed by atoms with E-state index in [1.54, 1.807) is 4.90 Å². The highest BCUT2D eigenvalue weighted by Gasteiger charge is 2.15. The maximum absolute atomic E-state index is 12.2. The topological polar surface area (TPSA) is 52.6 Å². The zero-order chi connectivity index (χ0) is 15.0. The lowest BCUT2D eigenvalue weighted by atomic mass is 10.1. The van der Waals surface area contributed by atoms with Gasteiger partial charge in [-0.2, -0.15) is 0 Å². The van der Waals surface area contributed by atoms with Crippen LogP contribution < -0.4 is 5.32 Å². The van der Waals surface area contributed by atoms with Crippen molar-refractivity contribution >= 4 is 5.91 Å². The molecule has 0 aromatic heterocycles. The van der Waals surface area contributed by atoms with Crippen LogP contribution in [0.15, 0.2) is 30.3 Å². The van der Waals surface area contributed by atoms with Gasteiger partial charge in [-0.15, -0.1) is 0 Å². The van der Waals surface area contributed by atoms with E-state index < -0.39 is 0 Å². The van der Waals surface area contributed by atoms with Gasteiger partial charge in [0.15, 0.2) is 0 Å². The molecule has 1 aromatic carbocycles. The number of hydrogen-bond acceptors (Lipinski definition) is 3. The number of rotatable bonds is 7. The molecule has 0 saturated carbocycles. The van der Waals surface area contributed by atoms with Crippen LogP contribution in [0.1, 0.15) is 32.8 Å². The van der Waals surface area contributed by atoms with E-state index in [4.69, 9.17) is 5.11 Å². The number of aliphatic hydroxyl groups excluding tert-OH is 1. The Hall–Kier alpha value is -1.39. The van der Waals surface area contributed by atoms with Gasteiger partial charge in [0.05, 0.1) is 6.61 Å². The molecule has 20 heavy (non-hydrogen) atoms. The zero-order valence-electron chi connectivity index (χ0n) is 12.7. The standard InChI is InChI=1S/C16H26N2O2/c1-16(2,3)17-10-9-15(20)18(11-12-19)13-14-7-5-4-6-8-14/h4-8,17,19H,9-13H2,1-3H3. The van der Waals surface area contributed by atoms with Crippen molar-refractivity contribution < 1.29 is 9.90 Å². The predicted molar refractivity (Wildman–Crippen MR) is 81.3 cm³/mol. The number of benzene rings is 1. The van der Waals surface area contributed by atoms with Crippen molar-refractivity contribution in [3.63, 3.8) is 0 Å². The van der Waals surface area contributed by atoms with Gasteiger partial charge in [-0.25, -0.2) is 0 Å². The summed E-state index contributed by atoms with van der Waals surface area (Å²) in [6.45, 7) is 7.80. The minimum Gasteiger partial charge on any atom is -0.395 e. The van der Waals surface area contributed by atoms with Crippen molar-refractivity contribution in [2.45, 2.75) is 39.3 Å². The highest BCUT2D eigenvalue weighted by Crippen LogP contribution is 2.06. The van der Waals surface area contributed by atoms with Crippen molar-refractivity contribution in [1.29, 1.82) is 0 Å². The number of hydrogen-bond donors (Lipinski definition) is 2. The maximum Gasteiger partial charge on any atom is 0.224 e. The molecule has 2 N–H and O–H groups in total. The molecule has 0 unspecified atom stereocenters. The van der Waals surface area contributed by atoms with Crippen LogP contribution in [0.2, 0.25) is 0 Å². The summed E-state index contributed by atoms with van der Waals surface area (Å²) in [6, 6.07) is 9.85. The van der Waals surface area contributed by atoms with Crippen molar-refractivity contribution in [3.05, 3.63) is 35.9 Å². The Bertz CT molecular complexity index is 399. The van der Waals surface area contributed by atoms with Crippen LogP contribution in [0.3, 0.4) is 0 Å². The van der Waals surface area contributed by atoms with Crippen LogP contribution in [0.4, 0.5) is 0 Å². The lowest BCUT2D eigenvalue weighted by molar-refractivity contribution is -0.132. The first-order valence-corrected chi connectivity index (χ1v) is 7.10. The molecule has 0 saturated heterocycles. The molecule has 0 fully saturated rings. The molecular weight excluding hydrogens is 252 g/mol.